The van der Waals surface area contributed by atoms with Gasteiger partial charge in [-0.1, -0.05) is 17.7 Å². The Kier molecular flexibility index (Phi) is 4.96. The predicted molar refractivity (Wildman–Crippen MR) is 84.8 cm³/mol. The Bertz CT molecular complexity index is 591. The monoisotopic (exact) mass is 324 g/mol. The van der Waals surface area contributed by atoms with Crippen molar-refractivity contribution in [1.29, 1.82) is 0 Å². The molecule has 6 heteroatoms. The average Bonchev–Trinajstić information content (AvgIpc) is 2.89. The quantitative estimate of drug-likeness (QED) is 0.924. The second-order valence-corrected chi connectivity index (χ2v) is 6.26. The lowest BCUT2D eigenvalue weighted by Gasteiger charge is -2.23. The first kappa shape index (κ1) is 16.6. The molecule has 120 valence electrons. The average molecular weight is 325 g/mol. The van der Waals surface area contributed by atoms with E-state index in [0.29, 0.717) is 36.8 Å². The Morgan fingerprint density at radius 3 is 2.77 bits per heavy atom. The number of hydrogen-bond donors (Lipinski definition) is 1. The lowest BCUT2D eigenvalue weighted by Crippen LogP contribution is -2.41. The molecule has 1 aliphatic heterocycles. The molecular weight excluding hydrogens is 304 g/mol. The number of nitrogens with zero attached hydrogens (tertiary/aromatic N) is 1. The van der Waals surface area contributed by atoms with Gasteiger partial charge in [0.05, 0.1) is 12.5 Å². The van der Waals surface area contributed by atoms with E-state index in [0.717, 1.165) is 5.56 Å². The lowest BCUT2D eigenvalue weighted by atomic mass is 9.88. The van der Waals surface area contributed by atoms with Crippen LogP contribution in [0.5, 0.6) is 5.75 Å². The van der Waals surface area contributed by atoms with E-state index in [1.54, 1.807) is 24.1 Å². The number of likely N-dealkylation sites (tertiary alicyclic amines) is 1. The number of rotatable bonds is 4. The third-order valence-corrected chi connectivity index (χ3v) is 4.54. The molecule has 2 amide bonds. The van der Waals surface area contributed by atoms with E-state index in [2.05, 4.69) is 5.32 Å². The summed E-state index contributed by atoms with van der Waals surface area (Å²) in [6, 6.07) is 5.37. The van der Waals surface area contributed by atoms with Gasteiger partial charge in [-0.3, -0.25) is 9.59 Å². The fourth-order valence-corrected chi connectivity index (χ4v) is 2.93. The maximum atomic E-state index is 12.5. The Balaban J connectivity index is 2.03. The zero-order valence-corrected chi connectivity index (χ0v) is 13.9. The van der Waals surface area contributed by atoms with Gasteiger partial charge >= 0.3 is 0 Å². The van der Waals surface area contributed by atoms with Gasteiger partial charge in [-0.05, 0) is 25.5 Å². The molecule has 5 nitrogen and oxygen atoms in total. The SMILES string of the molecule is COc1cccc(Cl)c1CNC(=O)C1(C)CCN(C(C)=O)C1. The Labute approximate surface area is 135 Å². The third kappa shape index (κ3) is 3.35. The number of amides is 2. The van der Waals surface area contributed by atoms with Crippen molar-refractivity contribution in [2.45, 2.75) is 26.8 Å². The van der Waals surface area contributed by atoms with Crippen molar-refractivity contribution in [3.05, 3.63) is 28.8 Å². The van der Waals surface area contributed by atoms with Crippen LogP contribution in [0.15, 0.2) is 18.2 Å². The first-order chi connectivity index (χ1) is 10.4. The molecule has 0 aromatic heterocycles. The molecule has 0 aliphatic carbocycles. The molecule has 1 aromatic carbocycles. The van der Waals surface area contributed by atoms with E-state index in [1.807, 2.05) is 13.0 Å². The maximum Gasteiger partial charge on any atom is 0.228 e. The van der Waals surface area contributed by atoms with Gasteiger partial charge in [0.1, 0.15) is 5.75 Å². The van der Waals surface area contributed by atoms with Gasteiger partial charge in [-0.2, -0.15) is 0 Å². The molecule has 0 bridgehead atoms. The van der Waals surface area contributed by atoms with Crippen molar-refractivity contribution in [2.24, 2.45) is 5.41 Å². The van der Waals surface area contributed by atoms with Crippen LogP contribution in [0.1, 0.15) is 25.8 Å². The molecule has 1 aromatic rings. The van der Waals surface area contributed by atoms with Crippen LogP contribution in [0, 0.1) is 5.41 Å². The highest BCUT2D eigenvalue weighted by Gasteiger charge is 2.41. The molecule has 2 rings (SSSR count). The summed E-state index contributed by atoms with van der Waals surface area (Å²) >= 11 is 6.17. The fourth-order valence-electron chi connectivity index (χ4n) is 2.70. The van der Waals surface area contributed by atoms with Crippen molar-refractivity contribution in [1.82, 2.24) is 10.2 Å². The molecular formula is C16H21ClN2O3. The van der Waals surface area contributed by atoms with Crippen LogP contribution < -0.4 is 10.1 Å². The first-order valence-electron chi connectivity index (χ1n) is 7.22. The number of halogens is 1. The molecule has 1 N–H and O–H groups in total. The topological polar surface area (TPSA) is 58.6 Å². The van der Waals surface area contributed by atoms with E-state index >= 15 is 0 Å². The van der Waals surface area contributed by atoms with Gasteiger partial charge in [0.15, 0.2) is 0 Å². The van der Waals surface area contributed by atoms with E-state index in [-0.39, 0.29) is 11.8 Å². The van der Waals surface area contributed by atoms with Crippen LogP contribution in [0.25, 0.3) is 0 Å². The molecule has 0 saturated carbocycles. The van der Waals surface area contributed by atoms with Crippen molar-refractivity contribution >= 4 is 23.4 Å². The normalized spacial score (nSPS) is 20.8. The Morgan fingerprint density at radius 2 is 2.18 bits per heavy atom. The van der Waals surface area contributed by atoms with E-state index in [9.17, 15) is 9.59 Å². The second kappa shape index (κ2) is 6.57. The van der Waals surface area contributed by atoms with Gasteiger partial charge in [-0.25, -0.2) is 0 Å². The van der Waals surface area contributed by atoms with Gasteiger partial charge in [0, 0.05) is 37.1 Å². The van der Waals surface area contributed by atoms with Gasteiger partial charge in [0.2, 0.25) is 11.8 Å². The zero-order valence-electron chi connectivity index (χ0n) is 13.1. The van der Waals surface area contributed by atoms with Crippen LogP contribution in [0.2, 0.25) is 5.02 Å². The van der Waals surface area contributed by atoms with Crippen molar-refractivity contribution in [3.8, 4) is 5.75 Å². The van der Waals surface area contributed by atoms with Crippen molar-refractivity contribution in [2.75, 3.05) is 20.2 Å². The summed E-state index contributed by atoms with van der Waals surface area (Å²) in [4.78, 5) is 25.6. The third-order valence-electron chi connectivity index (χ3n) is 4.19. The standard InChI is InChI=1S/C16H21ClN2O3/c1-11(20)19-8-7-16(2,10-19)15(21)18-9-12-13(17)5-4-6-14(12)22-3/h4-6H,7-10H2,1-3H3,(H,18,21). The minimum atomic E-state index is -0.555. The molecule has 1 fully saturated rings. The minimum Gasteiger partial charge on any atom is -0.496 e. The molecule has 0 radical (unpaired) electrons. The summed E-state index contributed by atoms with van der Waals surface area (Å²) in [7, 11) is 1.57. The lowest BCUT2D eigenvalue weighted by molar-refractivity contribution is -0.131. The maximum absolute atomic E-state index is 12.5. The summed E-state index contributed by atoms with van der Waals surface area (Å²) in [6.07, 6.45) is 0.665. The summed E-state index contributed by atoms with van der Waals surface area (Å²) in [5.74, 6) is 0.581. The minimum absolute atomic E-state index is 0.00398. The molecule has 22 heavy (non-hydrogen) atoms. The van der Waals surface area contributed by atoms with E-state index in [4.69, 9.17) is 16.3 Å². The van der Waals surface area contributed by atoms with E-state index in [1.165, 1.54) is 6.92 Å². The highest BCUT2D eigenvalue weighted by molar-refractivity contribution is 6.31. The summed E-state index contributed by atoms with van der Waals surface area (Å²) in [6.45, 7) is 4.78. The predicted octanol–water partition coefficient (Wildman–Crippen LogP) is 2.22. The second-order valence-electron chi connectivity index (χ2n) is 5.85. The summed E-state index contributed by atoms with van der Waals surface area (Å²) in [5, 5.41) is 3.47. The molecule has 1 heterocycles. The fraction of sp³-hybridized carbons (Fsp3) is 0.500. The molecule has 1 unspecified atom stereocenters. The van der Waals surface area contributed by atoms with Gasteiger partial charge in [0.25, 0.3) is 0 Å². The zero-order chi connectivity index (χ0) is 16.3. The van der Waals surface area contributed by atoms with Gasteiger partial charge < -0.3 is 15.0 Å². The number of benzene rings is 1. The summed E-state index contributed by atoms with van der Waals surface area (Å²) < 4.78 is 5.27. The highest BCUT2D eigenvalue weighted by atomic mass is 35.5. The highest BCUT2D eigenvalue weighted by Crippen LogP contribution is 2.31. The Morgan fingerprint density at radius 1 is 1.45 bits per heavy atom. The van der Waals surface area contributed by atoms with Crippen LogP contribution in [0.3, 0.4) is 0 Å². The van der Waals surface area contributed by atoms with Gasteiger partial charge in [-0.15, -0.1) is 0 Å². The summed E-state index contributed by atoms with van der Waals surface area (Å²) in [5.41, 5.74) is 0.199. The molecule has 1 atom stereocenters. The van der Waals surface area contributed by atoms with Crippen molar-refractivity contribution in [3.63, 3.8) is 0 Å². The number of ether oxygens (including phenoxy) is 1. The first-order valence-corrected chi connectivity index (χ1v) is 7.60. The van der Waals surface area contributed by atoms with Crippen LogP contribution in [-0.4, -0.2) is 36.9 Å². The smallest absolute Gasteiger partial charge is 0.228 e. The van der Waals surface area contributed by atoms with Crippen molar-refractivity contribution < 1.29 is 14.3 Å². The molecule has 1 saturated heterocycles. The number of methoxy groups -OCH3 is 1. The number of carbonyl (C=O) groups excluding carboxylic acids is 2. The largest absolute Gasteiger partial charge is 0.496 e. The Hall–Kier alpha value is -1.75. The molecule has 0 spiro atoms. The van der Waals surface area contributed by atoms with Crippen LogP contribution in [0.4, 0.5) is 0 Å². The number of hydrogen-bond acceptors (Lipinski definition) is 3. The molecule has 1 aliphatic rings. The van der Waals surface area contributed by atoms with E-state index < -0.39 is 5.41 Å². The number of carbonyl (C=O) groups is 2. The number of nitrogens with one attached hydrogen (secondary N) is 1. The van der Waals surface area contributed by atoms with Crippen LogP contribution in [-0.2, 0) is 16.1 Å². The van der Waals surface area contributed by atoms with Crippen LogP contribution >= 0.6 is 11.6 Å².